The van der Waals surface area contributed by atoms with Gasteiger partial charge in [0.15, 0.2) is 0 Å². The van der Waals surface area contributed by atoms with Crippen molar-refractivity contribution < 1.29 is 14.3 Å². The van der Waals surface area contributed by atoms with Crippen LogP contribution in [0.25, 0.3) is 0 Å². The average molecular weight is 426 g/mol. The van der Waals surface area contributed by atoms with Crippen LogP contribution < -0.4 is 10.6 Å². The first-order valence-corrected chi connectivity index (χ1v) is 8.87. The van der Waals surface area contributed by atoms with E-state index in [-0.39, 0.29) is 18.1 Å². The Kier molecular flexibility index (Phi) is 4.89. The molecular weight excluding hydrogens is 407 g/mol. The van der Waals surface area contributed by atoms with Crippen LogP contribution in [0.4, 0.5) is 4.79 Å². The fourth-order valence-electron chi connectivity index (χ4n) is 3.12. The Labute approximate surface area is 149 Å². The largest absolute Gasteiger partial charge is 0.459 e. The Morgan fingerprint density at radius 1 is 1.30 bits per heavy atom. The molecule has 1 aromatic rings. The molecular formula is C17H19IN2O3. The number of urea groups is 1. The predicted octanol–water partition coefficient (Wildman–Crippen LogP) is 3.40. The Hall–Kier alpha value is -1.57. The SMILES string of the molecule is CC1=C(C(=O)OC2CCCC2)[C@H](c2cccc(I)c2)NC(=O)N1. The van der Waals surface area contributed by atoms with Gasteiger partial charge in [0.25, 0.3) is 0 Å². The van der Waals surface area contributed by atoms with Crippen LogP contribution in [0.2, 0.25) is 0 Å². The molecule has 6 heteroatoms. The van der Waals surface area contributed by atoms with Crippen molar-refractivity contribution >= 4 is 34.6 Å². The Morgan fingerprint density at radius 3 is 2.74 bits per heavy atom. The maximum atomic E-state index is 12.7. The van der Waals surface area contributed by atoms with E-state index >= 15 is 0 Å². The Balaban J connectivity index is 1.90. The first kappa shape index (κ1) is 16.3. The lowest BCUT2D eigenvalue weighted by molar-refractivity contribution is -0.144. The maximum absolute atomic E-state index is 12.7. The minimum atomic E-state index is -0.479. The van der Waals surface area contributed by atoms with Crippen molar-refractivity contribution in [2.24, 2.45) is 0 Å². The molecule has 0 radical (unpaired) electrons. The monoisotopic (exact) mass is 426 g/mol. The average Bonchev–Trinajstić information content (AvgIpc) is 2.99. The molecule has 1 aliphatic heterocycles. The zero-order valence-corrected chi connectivity index (χ0v) is 15.1. The van der Waals surface area contributed by atoms with Crippen molar-refractivity contribution in [2.45, 2.75) is 44.8 Å². The molecule has 3 rings (SSSR count). The molecule has 0 spiro atoms. The number of esters is 1. The van der Waals surface area contributed by atoms with Crippen molar-refractivity contribution in [3.05, 3.63) is 44.7 Å². The van der Waals surface area contributed by atoms with Crippen molar-refractivity contribution in [1.29, 1.82) is 0 Å². The van der Waals surface area contributed by atoms with Gasteiger partial charge < -0.3 is 15.4 Å². The molecule has 1 saturated carbocycles. The summed E-state index contributed by atoms with van der Waals surface area (Å²) in [6.07, 6.45) is 4.05. The minimum absolute atomic E-state index is 0.00279. The van der Waals surface area contributed by atoms with E-state index in [1.165, 1.54) is 0 Å². The number of halogens is 1. The highest BCUT2D eigenvalue weighted by atomic mass is 127. The van der Waals surface area contributed by atoms with Crippen LogP contribution in [0.15, 0.2) is 35.5 Å². The highest BCUT2D eigenvalue weighted by molar-refractivity contribution is 14.1. The summed E-state index contributed by atoms with van der Waals surface area (Å²) in [5, 5.41) is 5.51. The molecule has 0 unspecified atom stereocenters. The highest BCUT2D eigenvalue weighted by Gasteiger charge is 2.33. The smallest absolute Gasteiger partial charge is 0.338 e. The second-order valence-corrected chi connectivity index (χ2v) is 7.18. The standard InChI is InChI=1S/C17H19IN2O3/c1-10-14(16(21)23-13-7-2-3-8-13)15(20-17(22)19-10)11-5-4-6-12(18)9-11/h4-6,9,13,15H,2-3,7-8H2,1H3,(H2,19,20,22)/t15-/m0/s1. The molecule has 1 atom stereocenters. The van der Waals surface area contributed by atoms with Gasteiger partial charge in [-0.2, -0.15) is 0 Å². The molecule has 1 fully saturated rings. The van der Waals surface area contributed by atoms with Crippen molar-refractivity contribution in [1.82, 2.24) is 10.6 Å². The van der Waals surface area contributed by atoms with E-state index in [1.54, 1.807) is 6.92 Å². The van der Waals surface area contributed by atoms with E-state index in [0.717, 1.165) is 34.8 Å². The van der Waals surface area contributed by atoms with E-state index in [2.05, 4.69) is 33.2 Å². The minimum Gasteiger partial charge on any atom is -0.459 e. The lowest BCUT2D eigenvalue weighted by atomic mass is 9.95. The van der Waals surface area contributed by atoms with Gasteiger partial charge in [-0.3, -0.25) is 0 Å². The number of ether oxygens (including phenoxy) is 1. The molecule has 2 aliphatic rings. The van der Waals surface area contributed by atoms with Crippen LogP contribution in [0.1, 0.15) is 44.2 Å². The maximum Gasteiger partial charge on any atom is 0.338 e. The molecule has 0 aromatic heterocycles. The molecule has 1 heterocycles. The summed E-state index contributed by atoms with van der Waals surface area (Å²) in [5.41, 5.74) is 1.92. The number of carbonyl (C=O) groups excluding carboxylic acids is 2. The number of amides is 2. The number of rotatable bonds is 3. The molecule has 1 aromatic carbocycles. The first-order chi connectivity index (χ1) is 11.0. The number of allylic oxidation sites excluding steroid dienone is 1. The van der Waals surface area contributed by atoms with Gasteiger partial charge in [-0.25, -0.2) is 9.59 Å². The van der Waals surface area contributed by atoms with Crippen molar-refractivity contribution in [3.8, 4) is 0 Å². The van der Waals surface area contributed by atoms with Gasteiger partial charge in [0.1, 0.15) is 6.10 Å². The molecule has 0 saturated heterocycles. The fraction of sp³-hybridized carbons (Fsp3) is 0.412. The third kappa shape index (κ3) is 3.68. The van der Waals surface area contributed by atoms with Crippen molar-refractivity contribution in [3.63, 3.8) is 0 Å². The van der Waals surface area contributed by atoms with Gasteiger partial charge in [0, 0.05) is 9.27 Å². The highest BCUT2D eigenvalue weighted by Crippen LogP contribution is 2.30. The van der Waals surface area contributed by atoms with Gasteiger partial charge >= 0.3 is 12.0 Å². The van der Waals surface area contributed by atoms with Crippen LogP contribution in [0.3, 0.4) is 0 Å². The number of nitrogens with one attached hydrogen (secondary N) is 2. The summed E-state index contributed by atoms with van der Waals surface area (Å²) in [6.45, 7) is 1.74. The number of hydrogen-bond acceptors (Lipinski definition) is 3. The normalized spacial score (nSPS) is 21.8. The quantitative estimate of drug-likeness (QED) is 0.575. The van der Waals surface area contributed by atoms with Gasteiger partial charge in [-0.1, -0.05) is 12.1 Å². The van der Waals surface area contributed by atoms with E-state index in [1.807, 2.05) is 24.3 Å². The van der Waals surface area contributed by atoms with Crippen LogP contribution in [-0.2, 0) is 9.53 Å². The van der Waals surface area contributed by atoms with E-state index in [9.17, 15) is 9.59 Å². The zero-order valence-electron chi connectivity index (χ0n) is 12.9. The third-order valence-corrected chi connectivity index (χ3v) is 4.92. The second-order valence-electron chi connectivity index (χ2n) is 5.94. The fourth-order valence-corrected chi connectivity index (χ4v) is 3.69. The molecule has 2 amide bonds. The number of carbonyl (C=O) groups is 2. The van der Waals surface area contributed by atoms with Crippen molar-refractivity contribution in [2.75, 3.05) is 0 Å². The number of hydrogen-bond donors (Lipinski definition) is 2. The van der Waals surface area contributed by atoms with Gasteiger partial charge in [0.2, 0.25) is 0 Å². The van der Waals surface area contributed by atoms with E-state index < -0.39 is 6.04 Å². The lowest BCUT2D eigenvalue weighted by Gasteiger charge is -2.29. The van der Waals surface area contributed by atoms with Gasteiger partial charge in [-0.15, -0.1) is 0 Å². The van der Waals surface area contributed by atoms with Gasteiger partial charge in [0.05, 0.1) is 11.6 Å². The summed E-state index contributed by atoms with van der Waals surface area (Å²) >= 11 is 2.22. The topological polar surface area (TPSA) is 67.4 Å². The van der Waals surface area contributed by atoms with Crippen LogP contribution >= 0.6 is 22.6 Å². The Bertz CT molecular complexity index is 666. The van der Waals surface area contributed by atoms with Crippen LogP contribution in [-0.4, -0.2) is 18.1 Å². The summed E-state index contributed by atoms with van der Waals surface area (Å²) in [4.78, 5) is 24.5. The van der Waals surface area contributed by atoms with Crippen LogP contribution in [0, 0.1) is 3.57 Å². The molecule has 23 heavy (non-hydrogen) atoms. The van der Waals surface area contributed by atoms with E-state index in [4.69, 9.17) is 4.74 Å². The van der Waals surface area contributed by atoms with Gasteiger partial charge in [-0.05, 0) is 72.9 Å². The molecule has 5 nitrogen and oxygen atoms in total. The molecule has 1 aliphatic carbocycles. The lowest BCUT2D eigenvalue weighted by Crippen LogP contribution is -2.45. The predicted molar refractivity (Wildman–Crippen MR) is 94.6 cm³/mol. The molecule has 2 N–H and O–H groups in total. The Morgan fingerprint density at radius 2 is 2.04 bits per heavy atom. The van der Waals surface area contributed by atoms with Crippen LogP contribution in [0.5, 0.6) is 0 Å². The zero-order chi connectivity index (χ0) is 16.4. The first-order valence-electron chi connectivity index (χ1n) is 7.79. The number of benzene rings is 1. The molecule has 0 bridgehead atoms. The third-order valence-electron chi connectivity index (χ3n) is 4.25. The summed E-state index contributed by atoms with van der Waals surface area (Å²) in [5.74, 6) is -0.342. The summed E-state index contributed by atoms with van der Waals surface area (Å²) in [6, 6.07) is 6.98. The summed E-state index contributed by atoms with van der Waals surface area (Å²) in [7, 11) is 0. The molecule has 122 valence electrons. The second kappa shape index (κ2) is 6.90. The summed E-state index contributed by atoms with van der Waals surface area (Å²) < 4.78 is 6.70. The van der Waals surface area contributed by atoms with E-state index in [0.29, 0.717) is 11.3 Å².